The van der Waals surface area contributed by atoms with Gasteiger partial charge in [0.15, 0.2) is 0 Å². The number of primary sulfonamides is 1. The quantitative estimate of drug-likeness (QED) is 0.622. The molecule has 0 bridgehead atoms. The molecule has 1 aromatic carbocycles. The number of hydrogen-bond donors (Lipinski definition) is 4. The Morgan fingerprint density at radius 1 is 1.40 bits per heavy atom. The standard InChI is InChI=1S/C13H17N3O3S/c14-13(7-17)4-3-12-10(6-13)9-5-8(20(15,18)19)1-2-11(9)16-12/h1-2,5,16-17H,3-4,6-7,14H2,(H2,15,18,19). The first-order chi connectivity index (χ1) is 9.32. The first-order valence-electron chi connectivity index (χ1n) is 6.38. The molecule has 0 saturated heterocycles. The molecular formula is C13H17N3O3S. The van der Waals surface area contributed by atoms with Crippen molar-refractivity contribution in [2.75, 3.05) is 6.61 Å². The number of fused-ring (bicyclic) bond motifs is 3. The second kappa shape index (κ2) is 4.29. The van der Waals surface area contributed by atoms with E-state index >= 15 is 0 Å². The number of nitrogens with two attached hydrogens (primary N) is 2. The third-order valence-corrected chi connectivity index (χ3v) is 4.92. The van der Waals surface area contributed by atoms with Crippen molar-refractivity contribution in [3.63, 3.8) is 0 Å². The molecule has 3 rings (SSSR count). The van der Waals surface area contributed by atoms with Crippen LogP contribution in [0.2, 0.25) is 0 Å². The van der Waals surface area contributed by atoms with E-state index < -0.39 is 15.6 Å². The normalized spacial score (nSPS) is 22.9. The fourth-order valence-corrected chi connectivity index (χ4v) is 3.36. The number of H-pyrrole nitrogens is 1. The molecule has 0 saturated carbocycles. The smallest absolute Gasteiger partial charge is 0.238 e. The predicted molar refractivity (Wildman–Crippen MR) is 75.7 cm³/mol. The van der Waals surface area contributed by atoms with Gasteiger partial charge < -0.3 is 15.8 Å². The van der Waals surface area contributed by atoms with Crippen LogP contribution in [0.15, 0.2) is 23.1 Å². The van der Waals surface area contributed by atoms with Gasteiger partial charge in [-0.25, -0.2) is 13.6 Å². The van der Waals surface area contributed by atoms with Gasteiger partial charge >= 0.3 is 0 Å². The number of aliphatic hydroxyl groups excluding tert-OH is 1. The van der Waals surface area contributed by atoms with Crippen LogP contribution >= 0.6 is 0 Å². The number of aliphatic hydroxyl groups is 1. The summed E-state index contributed by atoms with van der Waals surface area (Å²) in [6, 6.07) is 4.77. The third kappa shape index (κ3) is 2.12. The highest BCUT2D eigenvalue weighted by molar-refractivity contribution is 7.89. The van der Waals surface area contributed by atoms with Crippen LogP contribution in [0.3, 0.4) is 0 Å². The van der Waals surface area contributed by atoms with Gasteiger partial charge in [0.1, 0.15) is 0 Å². The van der Waals surface area contributed by atoms with Gasteiger partial charge in [0.2, 0.25) is 10.0 Å². The van der Waals surface area contributed by atoms with Crippen LogP contribution in [0.1, 0.15) is 17.7 Å². The Morgan fingerprint density at radius 2 is 2.15 bits per heavy atom. The summed E-state index contributed by atoms with van der Waals surface area (Å²) < 4.78 is 22.9. The Hall–Kier alpha value is -1.41. The van der Waals surface area contributed by atoms with Gasteiger partial charge in [-0.2, -0.15) is 0 Å². The Balaban J connectivity index is 2.19. The van der Waals surface area contributed by atoms with Gasteiger partial charge in [0.25, 0.3) is 0 Å². The minimum atomic E-state index is -3.73. The van der Waals surface area contributed by atoms with E-state index in [2.05, 4.69) is 4.98 Å². The summed E-state index contributed by atoms with van der Waals surface area (Å²) in [4.78, 5) is 3.37. The lowest BCUT2D eigenvalue weighted by molar-refractivity contribution is 0.181. The minimum Gasteiger partial charge on any atom is -0.394 e. The highest BCUT2D eigenvalue weighted by Crippen LogP contribution is 2.33. The molecule has 6 N–H and O–H groups in total. The van der Waals surface area contributed by atoms with E-state index in [1.54, 1.807) is 12.1 Å². The molecule has 0 fully saturated rings. The molecule has 0 aliphatic heterocycles. The summed E-state index contributed by atoms with van der Waals surface area (Å²) in [5.41, 5.74) is 8.40. The molecule has 2 aromatic rings. The molecule has 1 aliphatic carbocycles. The molecular weight excluding hydrogens is 278 g/mol. The van der Waals surface area contributed by atoms with Crippen LogP contribution in [-0.2, 0) is 22.9 Å². The Labute approximate surface area is 116 Å². The first kappa shape index (κ1) is 13.6. The van der Waals surface area contributed by atoms with E-state index in [0.717, 1.165) is 28.6 Å². The van der Waals surface area contributed by atoms with E-state index in [1.165, 1.54) is 6.07 Å². The highest BCUT2D eigenvalue weighted by atomic mass is 32.2. The van der Waals surface area contributed by atoms with Crippen LogP contribution < -0.4 is 10.9 Å². The maximum absolute atomic E-state index is 11.5. The van der Waals surface area contributed by atoms with Gasteiger partial charge in [0.05, 0.1) is 11.5 Å². The lowest BCUT2D eigenvalue weighted by Crippen LogP contribution is -2.48. The zero-order chi connectivity index (χ0) is 14.5. The topological polar surface area (TPSA) is 122 Å². The largest absolute Gasteiger partial charge is 0.394 e. The zero-order valence-electron chi connectivity index (χ0n) is 10.9. The summed E-state index contributed by atoms with van der Waals surface area (Å²) in [6.07, 6.45) is 1.96. The van der Waals surface area contributed by atoms with Crippen LogP contribution in [0.5, 0.6) is 0 Å². The van der Waals surface area contributed by atoms with E-state index in [1.807, 2.05) is 0 Å². The van der Waals surface area contributed by atoms with E-state index in [4.69, 9.17) is 10.9 Å². The number of rotatable bonds is 2. The van der Waals surface area contributed by atoms with Gasteiger partial charge in [-0.1, -0.05) is 0 Å². The number of aryl methyl sites for hydroxylation is 1. The van der Waals surface area contributed by atoms with Gasteiger partial charge in [-0.3, -0.25) is 0 Å². The highest BCUT2D eigenvalue weighted by Gasteiger charge is 2.32. The van der Waals surface area contributed by atoms with Crippen molar-refractivity contribution in [3.05, 3.63) is 29.5 Å². The maximum Gasteiger partial charge on any atom is 0.238 e. The summed E-state index contributed by atoms with van der Waals surface area (Å²) in [5.74, 6) is 0. The molecule has 0 radical (unpaired) electrons. The van der Waals surface area contributed by atoms with Crippen molar-refractivity contribution >= 4 is 20.9 Å². The van der Waals surface area contributed by atoms with Crippen molar-refractivity contribution in [3.8, 4) is 0 Å². The maximum atomic E-state index is 11.5. The van der Waals surface area contributed by atoms with Crippen molar-refractivity contribution in [2.24, 2.45) is 10.9 Å². The average Bonchev–Trinajstić information content (AvgIpc) is 2.75. The number of hydrogen-bond acceptors (Lipinski definition) is 4. The number of sulfonamides is 1. The van der Waals surface area contributed by atoms with Gasteiger partial charge in [-0.15, -0.1) is 0 Å². The lowest BCUT2D eigenvalue weighted by atomic mass is 9.81. The predicted octanol–water partition coefficient (Wildman–Crippen LogP) is -0.00620. The molecule has 108 valence electrons. The molecule has 1 unspecified atom stereocenters. The molecule has 7 heteroatoms. The van der Waals surface area contributed by atoms with Crippen LogP contribution in [0.4, 0.5) is 0 Å². The summed E-state index contributed by atoms with van der Waals surface area (Å²) in [5, 5.41) is 15.4. The number of nitrogens with one attached hydrogen (secondary N) is 1. The van der Waals surface area contributed by atoms with Gasteiger partial charge in [-0.05, 0) is 43.0 Å². The average molecular weight is 295 g/mol. The first-order valence-corrected chi connectivity index (χ1v) is 7.93. The summed E-state index contributed by atoms with van der Waals surface area (Å²) >= 11 is 0. The fourth-order valence-electron chi connectivity index (χ4n) is 2.82. The van der Waals surface area contributed by atoms with Crippen molar-refractivity contribution in [1.82, 2.24) is 4.98 Å². The minimum absolute atomic E-state index is 0.0870. The van der Waals surface area contributed by atoms with Crippen LogP contribution in [-0.4, -0.2) is 30.7 Å². The summed E-state index contributed by atoms with van der Waals surface area (Å²) in [6.45, 7) is -0.0893. The van der Waals surface area contributed by atoms with Crippen LogP contribution in [0.25, 0.3) is 10.9 Å². The summed E-state index contributed by atoms with van der Waals surface area (Å²) in [7, 11) is -3.73. The number of aromatic amines is 1. The third-order valence-electron chi connectivity index (χ3n) is 4.01. The zero-order valence-corrected chi connectivity index (χ0v) is 11.7. The van der Waals surface area contributed by atoms with E-state index in [0.29, 0.717) is 12.8 Å². The number of aromatic nitrogens is 1. The SMILES string of the molecule is NC1(CO)CCc2[nH]c3ccc(S(N)(=O)=O)cc3c2C1. The molecule has 1 atom stereocenters. The second-order valence-electron chi connectivity index (χ2n) is 5.53. The Kier molecular flexibility index (Phi) is 2.91. The second-order valence-corrected chi connectivity index (χ2v) is 7.09. The molecule has 0 spiro atoms. The van der Waals surface area contributed by atoms with Crippen LogP contribution in [0, 0.1) is 0 Å². The molecule has 0 amide bonds. The van der Waals surface area contributed by atoms with Gasteiger partial charge in [0, 0.05) is 22.1 Å². The van der Waals surface area contributed by atoms with E-state index in [9.17, 15) is 13.5 Å². The molecule has 1 heterocycles. The molecule has 1 aliphatic rings. The molecule has 6 nitrogen and oxygen atoms in total. The number of benzene rings is 1. The van der Waals surface area contributed by atoms with Crippen molar-refractivity contribution < 1.29 is 13.5 Å². The Morgan fingerprint density at radius 3 is 2.80 bits per heavy atom. The Bertz CT molecular complexity index is 782. The molecule has 20 heavy (non-hydrogen) atoms. The molecule has 1 aromatic heterocycles. The van der Waals surface area contributed by atoms with Crippen molar-refractivity contribution in [1.29, 1.82) is 0 Å². The van der Waals surface area contributed by atoms with E-state index in [-0.39, 0.29) is 11.5 Å². The monoisotopic (exact) mass is 295 g/mol. The van der Waals surface area contributed by atoms with Crippen molar-refractivity contribution in [2.45, 2.75) is 29.7 Å². The fraction of sp³-hybridized carbons (Fsp3) is 0.385. The lowest BCUT2D eigenvalue weighted by Gasteiger charge is -2.31.